The SMILES string of the molecule is C=CCC1S/C(=N/N=C\c2cccc([N+](=O)[O-])c2)NC1=O. The normalized spacial score (nSPS) is 19.9. The molecular formula is C13H12N4O3S. The number of hydrogen-bond acceptors (Lipinski definition) is 6. The molecule has 0 bridgehead atoms. The zero-order valence-electron chi connectivity index (χ0n) is 10.9. The highest BCUT2D eigenvalue weighted by Crippen LogP contribution is 2.22. The Balaban J connectivity index is 2.04. The largest absolute Gasteiger partial charge is 0.303 e. The van der Waals surface area contributed by atoms with Crippen LogP contribution in [0.3, 0.4) is 0 Å². The van der Waals surface area contributed by atoms with Crippen LogP contribution in [0.15, 0.2) is 47.1 Å². The number of amidine groups is 1. The lowest BCUT2D eigenvalue weighted by Gasteiger charge is -1.97. The van der Waals surface area contributed by atoms with E-state index in [-0.39, 0.29) is 16.8 Å². The molecule has 108 valence electrons. The van der Waals surface area contributed by atoms with Crippen LogP contribution in [0.5, 0.6) is 0 Å². The highest BCUT2D eigenvalue weighted by molar-refractivity contribution is 8.15. The molecule has 1 aliphatic rings. The summed E-state index contributed by atoms with van der Waals surface area (Å²) in [4.78, 5) is 21.7. The van der Waals surface area contributed by atoms with Crippen LogP contribution in [0.2, 0.25) is 0 Å². The maximum atomic E-state index is 11.5. The molecule has 21 heavy (non-hydrogen) atoms. The van der Waals surface area contributed by atoms with Gasteiger partial charge in [-0.2, -0.15) is 5.10 Å². The fourth-order valence-electron chi connectivity index (χ4n) is 1.63. The number of carbonyl (C=O) groups excluding carboxylic acids is 1. The van der Waals surface area contributed by atoms with Gasteiger partial charge in [0.25, 0.3) is 5.69 Å². The number of non-ortho nitro benzene ring substituents is 1. The van der Waals surface area contributed by atoms with Gasteiger partial charge in [0.1, 0.15) is 0 Å². The first-order valence-electron chi connectivity index (χ1n) is 6.04. The van der Waals surface area contributed by atoms with Crippen molar-refractivity contribution in [2.45, 2.75) is 11.7 Å². The molecule has 7 nitrogen and oxygen atoms in total. The number of rotatable bonds is 5. The Kier molecular flexibility index (Phi) is 4.83. The first kappa shape index (κ1) is 14.9. The predicted octanol–water partition coefficient (Wildman–Crippen LogP) is 2.09. The van der Waals surface area contributed by atoms with Gasteiger partial charge in [-0.05, 0) is 6.42 Å². The van der Waals surface area contributed by atoms with Crippen molar-refractivity contribution in [1.29, 1.82) is 0 Å². The molecular weight excluding hydrogens is 292 g/mol. The topological polar surface area (TPSA) is 97.0 Å². The first-order chi connectivity index (χ1) is 10.1. The summed E-state index contributed by atoms with van der Waals surface area (Å²) in [7, 11) is 0. The summed E-state index contributed by atoms with van der Waals surface area (Å²) >= 11 is 1.28. The number of allylic oxidation sites excluding steroid dienone is 1. The van der Waals surface area contributed by atoms with Crippen molar-refractivity contribution < 1.29 is 9.72 Å². The third-order valence-electron chi connectivity index (χ3n) is 2.59. The molecule has 1 unspecified atom stereocenters. The predicted molar refractivity (Wildman–Crippen MR) is 82.5 cm³/mol. The van der Waals surface area contributed by atoms with Crippen LogP contribution in [-0.4, -0.2) is 27.5 Å². The van der Waals surface area contributed by atoms with Crippen molar-refractivity contribution >= 4 is 34.7 Å². The van der Waals surface area contributed by atoms with Crippen LogP contribution in [0.4, 0.5) is 5.69 Å². The summed E-state index contributed by atoms with van der Waals surface area (Å²) in [5.41, 5.74) is 0.548. The number of nitrogens with one attached hydrogen (secondary N) is 1. The number of hydrogen-bond donors (Lipinski definition) is 1. The zero-order valence-corrected chi connectivity index (χ0v) is 11.7. The molecule has 0 saturated carbocycles. The molecule has 1 fully saturated rings. The van der Waals surface area contributed by atoms with Gasteiger partial charge in [-0.25, -0.2) is 0 Å². The van der Waals surface area contributed by atoms with E-state index < -0.39 is 4.92 Å². The zero-order chi connectivity index (χ0) is 15.2. The lowest BCUT2D eigenvalue weighted by atomic mass is 10.2. The second-order valence-corrected chi connectivity index (χ2v) is 5.31. The van der Waals surface area contributed by atoms with Gasteiger partial charge in [-0.1, -0.05) is 30.0 Å². The van der Waals surface area contributed by atoms with Crippen LogP contribution in [-0.2, 0) is 4.79 Å². The Morgan fingerprint density at radius 3 is 3.05 bits per heavy atom. The summed E-state index contributed by atoms with van der Waals surface area (Å²) in [5, 5.41) is 21.2. The molecule has 1 N–H and O–H groups in total. The van der Waals surface area contributed by atoms with Crippen LogP contribution in [0.1, 0.15) is 12.0 Å². The minimum atomic E-state index is -0.476. The van der Waals surface area contributed by atoms with Gasteiger partial charge in [0.2, 0.25) is 5.91 Å². The number of thioether (sulfide) groups is 1. The van der Waals surface area contributed by atoms with E-state index in [1.54, 1.807) is 18.2 Å². The van der Waals surface area contributed by atoms with E-state index in [2.05, 4.69) is 22.1 Å². The van der Waals surface area contributed by atoms with Crippen LogP contribution in [0, 0.1) is 10.1 Å². The summed E-state index contributed by atoms with van der Waals surface area (Å²) in [6.07, 6.45) is 3.63. The van der Waals surface area contributed by atoms with Gasteiger partial charge in [0, 0.05) is 17.7 Å². The summed E-state index contributed by atoms with van der Waals surface area (Å²) < 4.78 is 0. The van der Waals surface area contributed by atoms with Crippen molar-refractivity contribution in [3.05, 3.63) is 52.6 Å². The molecule has 1 aromatic rings. The molecule has 1 heterocycles. The average molecular weight is 304 g/mol. The van der Waals surface area contributed by atoms with Crippen LogP contribution in [0.25, 0.3) is 0 Å². The lowest BCUT2D eigenvalue weighted by molar-refractivity contribution is -0.384. The molecule has 1 saturated heterocycles. The van der Waals surface area contributed by atoms with Crippen molar-refractivity contribution in [3.63, 3.8) is 0 Å². The van der Waals surface area contributed by atoms with Gasteiger partial charge in [0.05, 0.1) is 16.4 Å². The van der Waals surface area contributed by atoms with Gasteiger partial charge in [-0.15, -0.1) is 11.7 Å². The van der Waals surface area contributed by atoms with Gasteiger partial charge >= 0.3 is 0 Å². The minimum absolute atomic E-state index is 0.0128. The molecule has 0 spiro atoms. The minimum Gasteiger partial charge on any atom is -0.303 e. The highest BCUT2D eigenvalue weighted by Gasteiger charge is 2.28. The molecule has 0 radical (unpaired) electrons. The molecule has 1 amide bonds. The van der Waals surface area contributed by atoms with Crippen molar-refractivity contribution in [2.75, 3.05) is 0 Å². The Morgan fingerprint density at radius 2 is 2.33 bits per heavy atom. The van der Waals surface area contributed by atoms with E-state index in [0.717, 1.165) is 0 Å². The highest BCUT2D eigenvalue weighted by atomic mass is 32.2. The summed E-state index contributed by atoms with van der Waals surface area (Å²) in [5.74, 6) is -0.121. The number of nitro benzene ring substituents is 1. The second kappa shape index (κ2) is 6.80. The Morgan fingerprint density at radius 1 is 1.52 bits per heavy atom. The molecule has 2 rings (SSSR count). The molecule has 1 aliphatic heterocycles. The summed E-state index contributed by atoms with van der Waals surface area (Å²) in [6, 6.07) is 6.04. The smallest absolute Gasteiger partial charge is 0.270 e. The van der Waals surface area contributed by atoms with E-state index in [0.29, 0.717) is 17.2 Å². The molecule has 1 aromatic carbocycles. The molecule has 0 aliphatic carbocycles. The second-order valence-electron chi connectivity index (χ2n) is 4.12. The van der Waals surface area contributed by atoms with Crippen molar-refractivity contribution in [1.82, 2.24) is 5.32 Å². The number of carbonyl (C=O) groups is 1. The Labute approximate surface area is 125 Å². The van der Waals surface area contributed by atoms with Crippen molar-refractivity contribution in [2.24, 2.45) is 10.2 Å². The maximum Gasteiger partial charge on any atom is 0.270 e. The third kappa shape index (κ3) is 3.99. The molecule has 1 atom stereocenters. The summed E-state index contributed by atoms with van der Waals surface area (Å²) in [6.45, 7) is 3.59. The Bertz CT molecular complexity index is 642. The fraction of sp³-hybridized carbons (Fsp3) is 0.154. The van der Waals surface area contributed by atoms with Crippen LogP contribution < -0.4 is 5.32 Å². The Hall–Kier alpha value is -2.48. The van der Waals surface area contributed by atoms with E-state index in [1.165, 1.54) is 30.1 Å². The van der Waals surface area contributed by atoms with Gasteiger partial charge in [-0.3, -0.25) is 14.9 Å². The van der Waals surface area contributed by atoms with Gasteiger partial charge in [0.15, 0.2) is 5.17 Å². The van der Waals surface area contributed by atoms with E-state index in [9.17, 15) is 14.9 Å². The molecule has 8 heteroatoms. The van der Waals surface area contributed by atoms with Crippen LogP contribution >= 0.6 is 11.8 Å². The fourth-order valence-corrected chi connectivity index (χ4v) is 2.55. The monoisotopic (exact) mass is 304 g/mol. The first-order valence-corrected chi connectivity index (χ1v) is 6.92. The number of nitro groups is 1. The van der Waals surface area contributed by atoms with Crippen molar-refractivity contribution in [3.8, 4) is 0 Å². The third-order valence-corrected chi connectivity index (χ3v) is 3.69. The molecule has 0 aromatic heterocycles. The number of benzene rings is 1. The number of nitrogens with zero attached hydrogens (tertiary/aromatic N) is 3. The standard InChI is InChI=1S/C13H12N4O3S/c1-2-4-11-12(18)15-13(21-11)16-14-8-9-5-3-6-10(7-9)17(19)20/h2-3,5-8,11H,1,4H2,(H,15,16,18)/b14-8-. The van der Waals surface area contributed by atoms with E-state index >= 15 is 0 Å². The van der Waals surface area contributed by atoms with E-state index in [1.807, 2.05) is 0 Å². The average Bonchev–Trinajstić information content (AvgIpc) is 2.80. The van der Waals surface area contributed by atoms with Gasteiger partial charge < -0.3 is 5.32 Å². The maximum absolute atomic E-state index is 11.5. The van der Waals surface area contributed by atoms with E-state index in [4.69, 9.17) is 0 Å². The number of amides is 1. The lowest BCUT2D eigenvalue weighted by Crippen LogP contribution is -2.24. The quantitative estimate of drug-likeness (QED) is 0.390.